The van der Waals surface area contributed by atoms with E-state index in [2.05, 4.69) is 4.98 Å². The molecule has 1 aromatic carbocycles. The average Bonchev–Trinajstić information content (AvgIpc) is 2.42. The zero-order valence-corrected chi connectivity index (χ0v) is 11.1. The number of ether oxygens (including phenoxy) is 1. The van der Waals surface area contributed by atoms with Gasteiger partial charge in [-0.15, -0.1) is 0 Å². The fraction of sp³-hybridized carbons (Fsp3) is 0.267. The lowest BCUT2D eigenvalue weighted by atomic mass is 10.1. The lowest BCUT2D eigenvalue weighted by molar-refractivity contribution is 0.435. The third kappa shape index (κ3) is 3.74. The molecule has 2 rings (SSSR count). The van der Waals surface area contributed by atoms with E-state index in [1.165, 1.54) is 12.3 Å². The number of nitrogens with two attached hydrogens (primary N) is 1. The van der Waals surface area contributed by atoms with Gasteiger partial charge in [-0.3, -0.25) is 4.98 Å². The van der Waals surface area contributed by atoms with Crippen LogP contribution in [0.5, 0.6) is 11.5 Å². The molecule has 0 saturated carbocycles. The first-order valence-corrected chi connectivity index (χ1v) is 6.41. The molecule has 1 atom stereocenters. The van der Waals surface area contributed by atoms with Crippen LogP contribution in [-0.2, 0) is 6.42 Å². The molecule has 0 aliphatic carbocycles. The molecule has 106 valence electrons. The number of benzene rings is 1. The van der Waals surface area contributed by atoms with Gasteiger partial charge in [0.2, 0.25) is 0 Å². The zero-order chi connectivity index (χ0) is 14.5. The number of halogens is 2. The largest absolute Gasteiger partial charge is 0.453 e. The number of pyridine rings is 1. The van der Waals surface area contributed by atoms with Gasteiger partial charge in [-0.05, 0) is 36.6 Å². The number of aromatic nitrogens is 1. The molecule has 0 aliphatic heterocycles. The van der Waals surface area contributed by atoms with E-state index in [1.807, 2.05) is 6.92 Å². The fourth-order valence-electron chi connectivity index (χ4n) is 1.76. The molecule has 2 aromatic rings. The zero-order valence-electron chi connectivity index (χ0n) is 11.1. The number of rotatable bonds is 5. The highest BCUT2D eigenvalue weighted by Crippen LogP contribution is 2.25. The Hall–Kier alpha value is -2.01. The minimum Gasteiger partial charge on any atom is -0.453 e. The summed E-state index contributed by atoms with van der Waals surface area (Å²) in [7, 11) is 0. The van der Waals surface area contributed by atoms with Gasteiger partial charge in [-0.1, -0.05) is 6.92 Å². The molecule has 0 spiro atoms. The van der Waals surface area contributed by atoms with Crippen molar-refractivity contribution in [3.8, 4) is 11.5 Å². The van der Waals surface area contributed by atoms with Crippen molar-refractivity contribution >= 4 is 0 Å². The second-order valence-corrected chi connectivity index (χ2v) is 4.58. The smallest absolute Gasteiger partial charge is 0.168 e. The second-order valence-electron chi connectivity index (χ2n) is 4.58. The van der Waals surface area contributed by atoms with E-state index in [1.54, 1.807) is 12.3 Å². The summed E-state index contributed by atoms with van der Waals surface area (Å²) in [6.45, 7) is 2.01. The predicted molar refractivity (Wildman–Crippen MR) is 72.6 cm³/mol. The Morgan fingerprint density at radius 3 is 2.75 bits per heavy atom. The van der Waals surface area contributed by atoms with Gasteiger partial charge >= 0.3 is 0 Å². The summed E-state index contributed by atoms with van der Waals surface area (Å²) >= 11 is 0. The highest BCUT2D eigenvalue weighted by Gasteiger charge is 2.08. The Bertz CT molecular complexity index is 590. The lowest BCUT2D eigenvalue weighted by Gasteiger charge is -2.10. The van der Waals surface area contributed by atoms with Gasteiger partial charge in [0.25, 0.3) is 0 Å². The minimum absolute atomic E-state index is 0.0369. The van der Waals surface area contributed by atoms with Gasteiger partial charge in [-0.2, -0.15) is 0 Å². The van der Waals surface area contributed by atoms with Crippen LogP contribution in [0.15, 0.2) is 36.7 Å². The Labute approximate surface area is 116 Å². The first kappa shape index (κ1) is 14.4. The molecule has 0 saturated heterocycles. The van der Waals surface area contributed by atoms with Gasteiger partial charge in [0.15, 0.2) is 11.6 Å². The molecular formula is C15H16F2N2O. The summed E-state index contributed by atoms with van der Waals surface area (Å²) in [5, 5.41) is 0. The first-order valence-electron chi connectivity index (χ1n) is 6.41. The Kier molecular flexibility index (Phi) is 4.63. The topological polar surface area (TPSA) is 48.1 Å². The molecule has 0 radical (unpaired) electrons. The van der Waals surface area contributed by atoms with E-state index < -0.39 is 11.6 Å². The summed E-state index contributed by atoms with van der Waals surface area (Å²) in [5.74, 6) is -1.03. The van der Waals surface area contributed by atoms with Crippen LogP contribution in [0.1, 0.15) is 18.9 Å². The molecule has 1 heterocycles. The molecule has 2 N–H and O–H groups in total. The van der Waals surface area contributed by atoms with Crippen LogP contribution < -0.4 is 10.5 Å². The summed E-state index contributed by atoms with van der Waals surface area (Å²) < 4.78 is 31.7. The van der Waals surface area contributed by atoms with Crippen molar-refractivity contribution < 1.29 is 13.5 Å². The maximum Gasteiger partial charge on any atom is 0.168 e. The van der Waals surface area contributed by atoms with Crippen molar-refractivity contribution in [2.24, 2.45) is 5.73 Å². The first-order chi connectivity index (χ1) is 9.58. The maximum absolute atomic E-state index is 13.5. The van der Waals surface area contributed by atoms with Crippen LogP contribution in [0, 0.1) is 11.6 Å². The predicted octanol–water partition coefficient (Wildman–Crippen LogP) is 3.43. The van der Waals surface area contributed by atoms with Crippen molar-refractivity contribution in [1.82, 2.24) is 4.98 Å². The summed E-state index contributed by atoms with van der Waals surface area (Å²) in [6.07, 6.45) is 4.71. The molecule has 0 fully saturated rings. The van der Waals surface area contributed by atoms with Crippen molar-refractivity contribution in [1.29, 1.82) is 0 Å². The number of hydrogen-bond acceptors (Lipinski definition) is 3. The van der Waals surface area contributed by atoms with Crippen LogP contribution >= 0.6 is 0 Å². The normalized spacial score (nSPS) is 12.2. The summed E-state index contributed by atoms with van der Waals surface area (Å²) in [4.78, 5) is 4.04. The molecule has 3 nitrogen and oxygen atoms in total. The monoisotopic (exact) mass is 278 g/mol. The highest BCUT2D eigenvalue weighted by molar-refractivity contribution is 5.32. The van der Waals surface area contributed by atoms with E-state index in [9.17, 15) is 8.78 Å². The van der Waals surface area contributed by atoms with Crippen molar-refractivity contribution in [2.75, 3.05) is 0 Å². The van der Waals surface area contributed by atoms with Gasteiger partial charge in [0.1, 0.15) is 11.6 Å². The van der Waals surface area contributed by atoms with Crippen molar-refractivity contribution in [2.45, 2.75) is 25.8 Å². The second kappa shape index (κ2) is 6.43. The SMILES string of the molecule is CCC(N)Cc1cncc(Oc2ccc(F)cc2F)c1. The van der Waals surface area contributed by atoms with Gasteiger partial charge in [0.05, 0.1) is 6.20 Å². The van der Waals surface area contributed by atoms with Crippen LogP contribution in [0.2, 0.25) is 0 Å². The molecule has 20 heavy (non-hydrogen) atoms. The Morgan fingerprint density at radius 2 is 2.05 bits per heavy atom. The van der Waals surface area contributed by atoms with E-state index >= 15 is 0 Å². The summed E-state index contributed by atoms with van der Waals surface area (Å²) in [6, 6.07) is 4.97. The highest BCUT2D eigenvalue weighted by atomic mass is 19.1. The van der Waals surface area contributed by atoms with E-state index in [-0.39, 0.29) is 11.8 Å². The molecule has 1 unspecified atom stereocenters. The molecule has 0 amide bonds. The summed E-state index contributed by atoms with van der Waals surface area (Å²) in [5.41, 5.74) is 6.79. The van der Waals surface area contributed by atoms with Gasteiger partial charge < -0.3 is 10.5 Å². The van der Waals surface area contributed by atoms with Crippen molar-refractivity contribution in [3.63, 3.8) is 0 Å². The van der Waals surface area contributed by atoms with E-state index in [0.717, 1.165) is 24.1 Å². The van der Waals surface area contributed by atoms with Crippen LogP contribution in [0.3, 0.4) is 0 Å². The van der Waals surface area contributed by atoms with Gasteiger partial charge in [0, 0.05) is 18.3 Å². The lowest BCUT2D eigenvalue weighted by Crippen LogP contribution is -2.21. The van der Waals surface area contributed by atoms with Crippen LogP contribution in [0.25, 0.3) is 0 Å². The van der Waals surface area contributed by atoms with Crippen LogP contribution in [-0.4, -0.2) is 11.0 Å². The third-order valence-corrected chi connectivity index (χ3v) is 2.91. The molecule has 1 aromatic heterocycles. The van der Waals surface area contributed by atoms with Crippen molar-refractivity contribution in [3.05, 3.63) is 53.9 Å². The minimum atomic E-state index is -0.749. The van der Waals surface area contributed by atoms with Crippen LogP contribution in [0.4, 0.5) is 8.78 Å². The maximum atomic E-state index is 13.5. The molecule has 0 aliphatic rings. The van der Waals surface area contributed by atoms with E-state index in [4.69, 9.17) is 10.5 Å². The third-order valence-electron chi connectivity index (χ3n) is 2.91. The number of hydrogen-bond donors (Lipinski definition) is 1. The quantitative estimate of drug-likeness (QED) is 0.911. The average molecular weight is 278 g/mol. The molecular weight excluding hydrogens is 262 g/mol. The Morgan fingerprint density at radius 1 is 1.25 bits per heavy atom. The Balaban J connectivity index is 2.15. The molecule has 0 bridgehead atoms. The number of nitrogens with zero attached hydrogens (tertiary/aromatic N) is 1. The van der Waals surface area contributed by atoms with Gasteiger partial charge in [-0.25, -0.2) is 8.78 Å². The van der Waals surface area contributed by atoms with E-state index in [0.29, 0.717) is 12.2 Å². The standard InChI is InChI=1S/C15H16F2N2O/c1-2-12(18)5-10-6-13(9-19-8-10)20-15-4-3-11(16)7-14(15)17/h3-4,6-9,12H,2,5,18H2,1H3. The molecule has 5 heteroatoms. The fourth-order valence-corrected chi connectivity index (χ4v) is 1.76.